The quantitative estimate of drug-likeness (QED) is 0.111. The van der Waals surface area contributed by atoms with Crippen molar-refractivity contribution in [2.24, 2.45) is 11.8 Å². The third-order valence-corrected chi connectivity index (χ3v) is 8.70. The summed E-state index contributed by atoms with van der Waals surface area (Å²) in [4.78, 5) is 35.2. The van der Waals surface area contributed by atoms with Gasteiger partial charge in [0.25, 0.3) is 5.91 Å². The molecule has 1 aliphatic heterocycles. The minimum absolute atomic E-state index is 0.101. The zero-order valence-electron chi connectivity index (χ0n) is 27.4. The van der Waals surface area contributed by atoms with Gasteiger partial charge in [-0.05, 0) is 56.1 Å². The van der Waals surface area contributed by atoms with Crippen LogP contribution in [0.5, 0.6) is 0 Å². The standard InChI is InChI=1S/C32H38F5N9O3/c1-5-19-12-21(43-27-28-40-16-24(46(28)11-9-38-27)23-15-42-44-26(23)32(35,36)37)6-7-22(19)29(47)41-13-18(2)8-10-45(3)17-20-14-39-25(20)31(33,34)30(48)49-4/h6-7,9,11-12,15-16,18,20,25,39H,5,8,10,13-14,17H2,1-4H3,(H,38,43)(H,41,47)(H,42,44). The molecule has 0 aliphatic carbocycles. The number of alkyl halides is 5. The number of nitrogens with one attached hydrogen (secondary N) is 4. The van der Waals surface area contributed by atoms with Gasteiger partial charge < -0.3 is 25.6 Å². The number of carbonyl (C=O) groups excluding carboxylic acids is 2. The van der Waals surface area contributed by atoms with Crippen molar-refractivity contribution >= 4 is 29.0 Å². The second-order valence-corrected chi connectivity index (χ2v) is 12.2. The number of benzene rings is 1. The normalized spacial score (nSPS) is 17.2. The SMILES string of the molecule is CCc1cc(Nc2nccn3c(-c4cn[nH]c4C(F)(F)F)cnc23)ccc1C(=O)NCC(C)CCN(C)CC1CNC1C(F)(F)C(=O)OC. The molecule has 4 aromatic rings. The van der Waals surface area contributed by atoms with Crippen LogP contribution in [0.1, 0.15) is 41.9 Å². The first kappa shape index (κ1) is 35.7. The fraction of sp³-hybridized carbons (Fsp3) is 0.469. The lowest BCUT2D eigenvalue weighted by atomic mass is 9.86. The van der Waals surface area contributed by atoms with Gasteiger partial charge in [-0.25, -0.2) is 14.8 Å². The second-order valence-electron chi connectivity index (χ2n) is 12.2. The number of carbonyl (C=O) groups is 2. The molecule has 1 aromatic carbocycles. The predicted molar refractivity (Wildman–Crippen MR) is 171 cm³/mol. The number of imidazole rings is 1. The molecule has 1 saturated heterocycles. The maximum atomic E-state index is 14.3. The molecule has 4 N–H and O–H groups in total. The number of methoxy groups -OCH3 is 1. The molecule has 1 amide bonds. The van der Waals surface area contributed by atoms with Crippen molar-refractivity contribution in [1.29, 1.82) is 0 Å². The topological polar surface area (TPSA) is 142 Å². The van der Waals surface area contributed by atoms with E-state index < -0.39 is 35.7 Å². The zero-order valence-corrected chi connectivity index (χ0v) is 27.4. The molecule has 1 fully saturated rings. The number of fused-ring (bicyclic) bond motifs is 1. The Balaban J connectivity index is 1.16. The van der Waals surface area contributed by atoms with E-state index in [2.05, 4.69) is 35.8 Å². The van der Waals surface area contributed by atoms with Gasteiger partial charge in [-0.2, -0.15) is 27.1 Å². The number of ether oxygens (including phenoxy) is 1. The molecule has 17 heteroatoms. The number of halogens is 5. The summed E-state index contributed by atoms with van der Waals surface area (Å²) in [5.74, 6) is -5.36. The largest absolute Gasteiger partial charge is 0.465 e. The lowest BCUT2D eigenvalue weighted by Gasteiger charge is -2.43. The van der Waals surface area contributed by atoms with E-state index in [1.165, 1.54) is 23.0 Å². The Labute approximate surface area is 278 Å². The maximum absolute atomic E-state index is 14.3. The summed E-state index contributed by atoms with van der Waals surface area (Å²) in [5, 5.41) is 14.4. The first-order chi connectivity index (χ1) is 23.2. The molecule has 0 bridgehead atoms. The summed E-state index contributed by atoms with van der Waals surface area (Å²) in [6, 6.07) is 3.96. The average molecular weight is 692 g/mol. The molecule has 12 nitrogen and oxygen atoms in total. The number of aromatic nitrogens is 5. The Morgan fingerprint density at radius 3 is 2.63 bits per heavy atom. The third kappa shape index (κ3) is 7.67. The summed E-state index contributed by atoms with van der Waals surface area (Å²) >= 11 is 0. The lowest BCUT2D eigenvalue weighted by molar-refractivity contribution is -0.180. The van der Waals surface area contributed by atoms with Crippen LogP contribution in [-0.4, -0.2) is 93.6 Å². The molecule has 1 aliphatic rings. The second kappa shape index (κ2) is 14.5. The van der Waals surface area contributed by atoms with Crippen molar-refractivity contribution in [3.8, 4) is 11.3 Å². The van der Waals surface area contributed by atoms with Crippen molar-refractivity contribution in [3.63, 3.8) is 0 Å². The van der Waals surface area contributed by atoms with Crippen LogP contribution in [0.2, 0.25) is 0 Å². The fourth-order valence-corrected chi connectivity index (χ4v) is 5.88. The molecule has 0 radical (unpaired) electrons. The van der Waals surface area contributed by atoms with E-state index in [-0.39, 0.29) is 23.1 Å². The number of hydrogen-bond donors (Lipinski definition) is 4. The van der Waals surface area contributed by atoms with E-state index in [1.807, 2.05) is 37.0 Å². The van der Waals surface area contributed by atoms with Crippen molar-refractivity contribution in [2.75, 3.05) is 45.7 Å². The van der Waals surface area contributed by atoms with Gasteiger partial charge in [-0.3, -0.25) is 14.3 Å². The molecular formula is C32H38F5N9O3. The first-order valence-electron chi connectivity index (χ1n) is 15.7. The van der Waals surface area contributed by atoms with Gasteiger partial charge in [0, 0.05) is 49.2 Å². The minimum atomic E-state index is -4.62. The molecular weight excluding hydrogens is 653 g/mol. The Bertz CT molecular complexity index is 1790. The van der Waals surface area contributed by atoms with Crippen LogP contribution in [0.4, 0.5) is 33.5 Å². The van der Waals surface area contributed by atoms with Gasteiger partial charge in [0.2, 0.25) is 0 Å². The monoisotopic (exact) mass is 691 g/mol. The number of H-pyrrole nitrogens is 1. The molecule has 4 heterocycles. The van der Waals surface area contributed by atoms with E-state index >= 15 is 0 Å². The number of amides is 1. The van der Waals surface area contributed by atoms with Crippen molar-refractivity contribution in [2.45, 2.75) is 44.8 Å². The number of aromatic amines is 1. The highest BCUT2D eigenvalue weighted by molar-refractivity contribution is 5.96. The van der Waals surface area contributed by atoms with Gasteiger partial charge >= 0.3 is 18.1 Å². The summed E-state index contributed by atoms with van der Waals surface area (Å²) in [5.41, 5.74) is 1.25. The average Bonchev–Trinajstić information content (AvgIpc) is 3.72. The van der Waals surface area contributed by atoms with Gasteiger partial charge in [-0.15, -0.1) is 0 Å². The third-order valence-electron chi connectivity index (χ3n) is 8.70. The number of rotatable bonds is 14. The van der Waals surface area contributed by atoms with E-state index in [4.69, 9.17) is 0 Å². The van der Waals surface area contributed by atoms with Gasteiger partial charge in [-0.1, -0.05) is 13.8 Å². The lowest BCUT2D eigenvalue weighted by Crippen LogP contribution is -2.66. The van der Waals surface area contributed by atoms with Crippen molar-refractivity contribution in [1.82, 2.24) is 40.1 Å². The molecule has 5 rings (SSSR count). The number of hydrogen-bond acceptors (Lipinski definition) is 9. The first-order valence-corrected chi connectivity index (χ1v) is 15.7. The van der Waals surface area contributed by atoms with E-state index in [1.54, 1.807) is 12.1 Å². The highest BCUT2D eigenvalue weighted by Gasteiger charge is 2.55. The number of esters is 1. The predicted octanol–water partition coefficient (Wildman–Crippen LogP) is 4.53. The Morgan fingerprint density at radius 2 is 1.96 bits per heavy atom. The van der Waals surface area contributed by atoms with E-state index in [9.17, 15) is 31.5 Å². The van der Waals surface area contributed by atoms with Crippen LogP contribution in [0.3, 0.4) is 0 Å². The number of aryl methyl sites for hydroxylation is 1. The summed E-state index contributed by atoms with van der Waals surface area (Å²) in [7, 11) is 2.78. The number of anilines is 2. The minimum Gasteiger partial charge on any atom is -0.465 e. The molecule has 0 spiro atoms. The van der Waals surface area contributed by atoms with Gasteiger partial charge in [0.15, 0.2) is 11.5 Å². The molecule has 49 heavy (non-hydrogen) atoms. The Kier molecular flexibility index (Phi) is 10.5. The van der Waals surface area contributed by atoms with Gasteiger partial charge in [0.05, 0.1) is 36.8 Å². The molecule has 3 atom stereocenters. The van der Waals surface area contributed by atoms with Crippen LogP contribution in [0.15, 0.2) is 43.0 Å². The van der Waals surface area contributed by atoms with E-state index in [0.717, 1.165) is 18.9 Å². The van der Waals surface area contributed by atoms with Crippen LogP contribution < -0.4 is 16.0 Å². The molecule has 3 aromatic heterocycles. The summed E-state index contributed by atoms with van der Waals surface area (Å²) in [6.07, 6.45) is 2.01. The van der Waals surface area contributed by atoms with Crippen LogP contribution in [-0.2, 0) is 22.1 Å². The van der Waals surface area contributed by atoms with Crippen molar-refractivity contribution < 1.29 is 36.3 Å². The summed E-state index contributed by atoms with van der Waals surface area (Å²) < 4.78 is 74.7. The summed E-state index contributed by atoms with van der Waals surface area (Å²) in [6.45, 7) is 5.71. The fourth-order valence-electron chi connectivity index (χ4n) is 5.88. The molecule has 3 unspecified atom stereocenters. The maximum Gasteiger partial charge on any atom is 0.433 e. The van der Waals surface area contributed by atoms with Crippen molar-refractivity contribution in [3.05, 3.63) is 59.8 Å². The highest BCUT2D eigenvalue weighted by Crippen LogP contribution is 2.36. The van der Waals surface area contributed by atoms with Crippen LogP contribution in [0, 0.1) is 11.8 Å². The Morgan fingerprint density at radius 1 is 1.18 bits per heavy atom. The smallest absolute Gasteiger partial charge is 0.433 e. The van der Waals surface area contributed by atoms with Crippen LogP contribution in [0.25, 0.3) is 16.9 Å². The van der Waals surface area contributed by atoms with Gasteiger partial charge in [0.1, 0.15) is 5.69 Å². The van der Waals surface area contributed by atoms with E-state index in [0.29, 0.717) is 61.7 Å². The Hall–Kier alpha value is -4.64. The number of nitrogens with zero attached hydrogens (tertiary/aromatic N) is 5. The highest BCUT2D eigenvalue weighted by atomic mass is 19.4. The van der Waals surface area contributed by atoms with Crippen LogP contribution >= 0.6 is 0 Å². The zero-order chi connectivity index (χ0) is 35.5. The molecule has 264 valence electrons. The molecule has 0 saturated carbocycles.